The molecule has 3 rings (SSSR count). The third kappa shape index (κ3) is 4.00. The van der Waals surface area contributed by atoms with E-state index in [0.717, 1.165) is 34.5 Å². The predicted molar refractivity (Wildman–Crippen MR) is 104 cm³/mol. The van der Waals surface area contributed by atoms with E-state index in [4.69, 9.17) is 4.74 Å². The normalized spacial score (nSPS) is 10.9. The van der Waals surface area contributed by atoms with Gasteiger partial charge in [0.1, 0.15) is 6.33 Å². The van der Waals surface area contributed by atoms with Gasteiger partial charge in [-0.2, -0.15) is 10.1 Å². The molecule has 2 heterocycles. The fourth-order valence-electron chi connectivity index (χ4n) is 3.13. The number of nitrogens with one attached hydrogen (secondary N) is 1. The van der Waals surface area contributed by atoms with Crippen LogP contribution in [-0.2, 0) is 27.2 Å². The number of anilines is 1. The van der Waals surface area contributed by atoms with Crippen molar-refractivity contribution in [3.63, 3.8) is 0 Å². The third-order valence-electron chi connectivity index (χ3n) is 4.68. The van der Waals surface area contributed by atoms with Crippen molar-refractivity contribution < 1.29 is 14.3 Å². The number of esters is 1. The Morgan fingerprint density at radius 3 is 2.75 bits per heavy atom. The number of ether oxygens (including phenoxy) is 1. The predicted octanol–water partition coefficient (Wildman–Crippen LogP) is 2.34. The fourth-order valence-corrected chi connectivity index (χ4v) is 3.13. The summed E-state index contributed by atoms with van der Waals surface area (Å²) in [5, 5.41) is 6.94. The summed E-state index contributed by atoms with van der Waals surface area (Å²) in [5.41, 5.74) is 4.96. The summed E-state index contributed by atoms with van der Waals surface area (Å²) in [6, 6.07) is 5.85. The van der Waals surface area contributed by atoms with Gasteiger partial charge in [0, 0.05) is 22.6 Å². The van der Waals surface area contributed by atoms with Crippen LogP contribution in [0.1, 0.15) is 35.0 Å². The topological polar surface area (TPSA) is 98.5 Å². The highest BCUT2D eigenvalue weighted by Crippen LogP contribution is 2.21. The van der Waals surface area contributed by atoms with E-state index in [-0.39, 0.29) is 18.9 Å². The molecule has 1 amide bonds. The molecule has 0 unspecified atom stereocenters. The molecular weight excluding hydrogens is 358 g/mol. The van der Waals surface area contributed by atoms with Crippen molar-refractivity contribution >= 4 is 23.3 Å². The lowest BCUT2D eigenvalue weighted by molar-refractivity contribution is -0.146. The third-order valence-corrected chi connectivity index (χ3v) is 4.68. The Morgan fingerprint density at radius 1 is 1.21 bits per heavy atom. The van der Waals surface area contributed by atoms with Gasteiger partial charge in [-0.15, -0.1) is 0 Å². The van der Waals surface area contributed by atoms with Crippen molar-refractivity contribution in [2.45, 2.75) is 40.5 Å². The largest absolute Gasteiger partial charge is 0.455 e. The Morgan fingerprint density at radius 2 is 2.00 bits per heavy atom. The lowest BCUT2D eigenvalue weighted by atomic mass is 10.1. The second kappa shape index (κ2) is 8.16. The van der Waals surface area contributed by atoms with Crippen molar-refractivity contribution in [3.8, 4) is 0 Å². The van der Waals surface area contributed by atoms with Crippen LogP contribution in [0.5, 0.6) is 0 Å². The molecule has 0 saturated heterocycles. The standard InChI is InChI=1S/C20H23N5O3/c1-5-15-8-6-7-12(2)19(15)24-17(26)10-28-18(27)9-16-13(3)23-20-21-11-22-25(20)14(16)4/h6-8,11H,5,9-10H2,1-4H3,(H,24,26). The molecule has 0 saturated carbocycles. The first-order valence-electron chi connectivity index (χ1n) is 9.10. The summed E-state index contributed by atoms with van der Waals surface area (Å²) in [6.45, 7) is 7.26. The number of carbonyl (C=O) groups is 2. The van der Waals surface area contributed by atoms with Gasteiger partial charge in [0.05, 0.1) is 6.42 Å². The number of amides is 1. The highest BCUT2D eigenvalue weighted by atomic mass is 16.5. The number of hydrogen-bond acceptors (Lipinski definition) is 6. The minimum Gasteiger partial charge on any atom is -0.455 e. The minimum absolute atomic E-state index is 0.0122. The second-order valence-corrected chi connectivity index (χ2v) is 6.58. The number of aromatic nitrogens is 4. The van der Waals surface area contributed by atoms with Crippen molar-refractivity contribution in [1.29, 1.82) is 0 Å². The van der Waals surface area contributed by atoms with Crippen LogP contribution in [0.15, 0.2) is 24.5 Å². The maximum absolute atomic E-state index is 12.3. The molecule has 0 bridgehead atoms. The van der Waals surface area contributed by atoms with Crippen LogP contribution in [0.3, 0.4) is 0 Å². The Balaban J connectivity index is 1.63. The van der Waals surface area contributed by atoms with Gasteiger partial charge in [0.25, 0.3) is 11.7 Å². The van der Waals surface area contributed by atoms with Crippen molar-refractivity contribution in [2.24, 2.45) is 0 Å². The van der Waals surface area contributed by atoms with Gasteiger partial charge in [-0.1, -0.05) is 25.1 Å². The first-order chi connectivity index (χ1) is 13.4. The molecule has 0 aliphatic heterocycles. The molecular formula is C20H23N5O3. The number of hydrogen-bond donors (Lipinski definition) is 1. The summed E-state index contributed by atoms with van der Waals surface area (Å²) < 4.78 is 6.75. The average Bonchev–Trinajstić information content (AvgIpc) is 3.13. The minimum atomic E-state index is -0.497. The molecule has 0 aliphatic carbocycles. The Labute approximate surface area is 163 Å². The van der Waals surface area contributed by atoms with E-state index in [1.54, 1.807) is 4.52 Å². The van der Waals surface area contributed by atoms with Crippen LogP contribution in [0.25, 0.3) is 5.78 Å². The van der Waals surface area contributed by atoms with Gasteiger partial charge in [-0.05, 0) is 38.3 Å². The van der Waals surface area contributed by atoms with Gasteiger partial charge in [-0.25, -0.2) is 9.50 Å². The van der Waals surface area contributed by atoms with E-state index in [1.807, 2.05) is 45.9 Å². The molecule has 8 heteroatoms. The van der Waals surface area contributed by atoms with Crippen LogP contribution < -0.4 is 5.32 Å². The zero-order chi connectivity index (χ0) is 20.3. The Bertz CT molecular complexity index is 1040. The molecule has 28 heavy (non-hydrogen) atoms. The van der Waals surface area contributed by atoms with E-state index in [1.165, 1.54) is 6.33 Å². The van der Waals surface area contributed by atoms with Gasteiger partial charge in [-0.3, -0.25) is 9.59 Å². The number of carbonyl (C=O) groups excluding carboxylic acids is 2. The zero-order valence-electron chi connectivity index (χ0n) is 16.4. The van der Waals surface area contributed by atoms with Crippen LogP contribution in [-0.4, -0.2) is 38.1 Å². The first-order valence-corrected chi connectivity index (χ1v) is 9.10. The van der Waals surface area contributed by atoms with Crippen LogP contribution in [0.4, 0.5) is 5.69 Å². The summed E-state index contributed by atoms with van der Waals surface area (Å²) >= 11 is 0. The summed E-state index contributed by atoms with van der Waals surface area (Å²) in [5.74, 6) is -0.379. The fraction of sp³-hybridized carbons (Fsp3) is 0.350. The van der Waals surface area contributed by atoms with Crippen LogP contribution in [0.2, 0.25) is 0 Å². The molecule has 0 fully saturated rings. The molecule has 1 aromatic carbocycles. The highest BCUT2D eigenvalue weighted by molar-refractivity contribution is 5.94. The molecule has 0 radical (unpaired) electrons. The SMILES string of the molecule is CCc1cccc(C)c1NC(=O)COC(=O)Cc1c(C)nc2ncnn2c1C. The molecule has 0 aliphatic rings. The van der Waals surface area contributed by atoms with Crippen molar-refractivity contribution in [3.05, 3.63) is 52.6 Å². The number of aryl methyl sites for hydroxylation is 4. The van der Waals surface area contributed by atoms with E-state index in [0.29, 0.717) is 11.5 Å². The Kier molecular flexibility index (Phi) is 5.67. The highest BCUT2D eigenvalue weighted by Gasteiger charge is 2.16. The number of rotatable bonds is 6. The summed E-state index contributed by atoms with van der Waals surface area (Å²) in [4.78, 5) is 32.9. The van der Waals surface area contributed by atoms with Gasteiger partial charge >= 0.3 is 5.97 Å². The van der Waals surface area contributed by atoms with Crippen LogP contribution in [0, 0.1) is 20.8 Å². The molecule has 8 nitrogen and oxygen atoms in total. The molecule has 0 atom stereocenters. The summed E-state index contributed by atoms with van der Waals surface area (Å²) in [6.07, 6.45) is 2.23. The van der Waals surface area contributed by atoms with Crippen molar-refractivity contribution in [2.75, 3.05) is 11.9 Å². The number of benzene rings is 1. The summed E-state index contributed by atoms with van der Waals surface area (Å²) in [7, 11) is 0. The molecule has 146 valence electrons. The lowest BCUT2D eigenvalue weighted by Crippen LogP contribution is -2.23. The molecule has 2 aromatic heterocycles. The van der Waals surface area contributed by atoms with Crippen LogP contribution >= 0.6 is 0 Å². The Hall–Kier alpha value is -3.29. The van der Waals surface area contributed by atoms with E-state index < -0.39 is 5.97 Å². The van der Waals surface area contributed by atoms with Gasteiger partial charge in [0.2, 0.25) is 0 Å². The number of para-hydroxylation sites is 1. The van der Waals surface area contributed by atoms with Gasteiger partial charge in [0.15, 0.2) is 6.61 Å². The molecule has 3 aromatic rings. The van der Waals surface area contributed by atoms with E-state index in [9.17, 15) is 9.59 Å². The lowest BCUT2D eigenvalue weighted by Gasteiger charge is -2.13. The molecule has 0 spiro atoms. The van der Waals surface area contributed by atoms with Gasteiger partial charge < -0.3 is 10.1 Å². The monoisotopic (exact) mass is 381 g/mol. The van der Waals surface area contributed by atoms with E-state index >= 15 is 0 Å². The number of nitrogens with zero attached hydrogens (tertiary/aromatic N) is 4. The van der Waals surface area contributed by atoms with E-state index in [2.05, 4.69) is 20.4 Å². The average molecular weight is 381 g/mol. The second-order valence-electron chi connectivity index (χ2n) is 6.58. The van der Waals surface area contributed by atoms with Crippen molar-refractivity contribution in [1.82, 2.24) is 19.6 Å². The maximum Gasteiger partial charge on any atom is 0.310 e. The number of fused-ring (bicyclic) bond motifs is 1. The zero-order valence-corrected chi connectivity index (χ0v) is 16.4. The first kappa shape index (κ1) is 19.5. The smallest absolute Gasteiger partial charge is 0.310 e. The quantitative estimate of drug-likeness (QED) is 0.658. The molecule has 1 N–H and O–H groups in total. The maximum atomic E-state index is 12.3.